The van der Waals surface area contributed by atoms with Crippen LogP contribution in [0.1, 0.15) is 51.9 Å². The first-order valence-corrected chi connectivity index (χ1v) is 8.65. The lowest BCUT2D eigenvalue weighted by Gasteiger charge is -2.58. The van der Waals surface area contributed by atoms with Gasteiger partial charge >= 0.3 is 0 Å². The molecular weight excluding hydrogens is 244 g/mol. The number of hydrogen-bond donors (Lipinski definition) is 1. The normalized spacial score (nSPS) is 53.3. The molecule has 1 heteroatoms. The van der Waals surface area contributed by atoms with Crippen molar-refractivity contribution >= 4 is 0 Å². The molecule has 1 nitrogen and oxygen atoms in total. The van der Waals surface area contributed by atoms with Gasteiger partial charge in [-0.25, -0.2) is 0 Å². The fourth-order valence-corrected chi connectivity index (χ4v) is 6.32. The van der Waals surface area contributed by atoms with E-state index >= 15 is 0 Å². The van der Waals surface area contributed by atoms with Crippen LogP contribution in [0.4, 0.5) is 0 Å². The summed E-state index contributed by atoms with van der Waals surface area (Å²) in [5, 5.41) is 9.98. The van der Waals surface area contributed by atoms with Crippen molar-refractivity contribution in [3.63, 3.8) is 0 Å². The largest absolute Gasteiger partial charge is 0.396 e. The van der Waals surface area contributed by atoms with Crippen molar-refractivity contribution in [3.8, 4) is 0 Å². The zero-order valence-corrected chi connectivity index (χ0v) is 12.7. The van der Waals surface area contributed by atoms with Gasteiger partial charge in [0.1, 0.15) is 0 Å². The van der Waals surface area contributed by atoms with Gasteiger partial charge in [0.05, 0.1) is 0 Å². The van der Waals surface area contributed by atoms with Gasteiger partial charge in [-0.05, 0) is 74.0 Å². The van der Waals surface area contributed by atoms with E-state index in [-0.39, 0.29) is 5.41 Å². The van der Waals surface area contributed by atoms with Crippen LogP contribution in [0, 0.1) is 34.5 Å². The molecule has 0 amide bonds. The highest BCUT2D eigenvalue weighted by molar-refractivity contribution is 5.19. The molecule has 0 bridgehead atoms. The molecule has 4 rings (SSSR count). The third kappa shape index (κ3) is 1.59. The molecule has 110 valence electrons. The number of rotatable bonds is 1. The van der Waals surface area contributed by atoms with Crippen molar-refractivity contribution in [2.45, 2.75) is 51.9 Å². The lowest BCUT2D eigenvalue weighted by Crippen LogP contribution is -2.52. The second-order valence-electron chi connectivity index (χ2n) is 8.11. The van der Waals surface area contributed by atoms with Crippen LogP contribution < -0.4 is 0 Å². The van der Waals surface area contributed by atoms with Crippen LogP contribution in [0.25, 0.3) is 0 Å². The Morgan fingerprint density at radius 2 is 2.05 bits per heavy atom. The number of hydrogen-bond acceptors (Lipinski definition) is 1. The van der Waals surface area contributed by atoms with Gasteiger partial charge in [-0.15, -0.1) is 0 Å². The van der Waals surface area contributed by atoms with Crippen LogP contribution in [0.3, 0.4) is 0 Å². The summed E-state index contributed by atoms with van der Waals surface area (Å²) < 4.78 is 0. The summed E-state index contributed by atoms with van der Waals surface area (Å²) in [5.41, 5.74) is 0.655. The molecular formula is C19H28O. The molecule has 0 aliphatic heterocycles. The Hall–Kier alpha value is -0.560. The van der Waals surface area contributed by atoms with Crippen LogP contribution >= 0.6 is 0 Å². The minimum Gasteiger partial charge on any atom is -0.396 e. The Morgan fingerprint density at radius 3 is 2.90 bits per heavy atom. The second kappa shape index (κ2) is 4.47. The van der Waals surface area contributed by atoms with Crippen LogP contribution in [0.15, 0.2) is 24.3 Å². The number of fused-ring (bicyclic) bond motifs is 5. The van der Waals surface area contributed by atoms with E-state index in [1.807, 2.05) is 0 Å². The molecule has 0 aromatic rings. The zero-order chi connectivity index (χ0) is 13.8. The second-order valence-corrected chi connectivity index (χ2v) is 8.11. The summed E-state index contributed by atoms with van der Waals surface area (Å²) in [4.78, 5) is 0. The van der Waals surface area contributed by atoms with Gasteiger partial charge < -0.3 is 5.11 Å². The average molecular weight is 272 g/mol. The molecule has 0 radical (unpaired) electrons. The first-order chi connectivity index (χ1) is 9.70. The SMILES string of the molecule is C[C@]12C=CCCC1CC[C@H]1[C@@H]3C=CC[C@@]3(CO)CC[C@@H]12. The van der Waals surface area contributed by atoms with Crippen LogP contribution in [0.2, 0.25) is 0 Å². The van der Waals surface area contributed by atoms with Gasteiger partial charge in [-0.1, -0.05) is 31.2 Å². The Kier molecular flexibility index (Phi) is 2.93. The maximum absolute atomic E-state index is 9.98. The molecule has 1 N–H and O–H groups in total. The monoisotopic (exact) mass is 272 g/mol. The lowest BCUT2D eigenvalue weighted by atomic mass is 9.46. The summed E-state index contributed by atoms with van der Waals surface area (Å²) in [5.74, 6) is 3.24. The molecule has 0 heterocycles. The van der Waals surface area contributed by atoms with E-state index in [0.717, 1.165) is 24.2 Å². The Morgan fingerprint density at radius 1 is 1.15 bits per heavy atom. The van der Waals surface area contributed by atoms with Crippen molar-refractivity contribution in [2.24, 2.45) is 34.5 Å². The molecule has 1 unspecified atom stereocenters. The van der Waals surface area contributed by atoms with Crippen LogP contribution in [-0.2, 0) is 0 Å². The van der Waals surface area contributed by atoms with Crippen LogP contribution in [-0.4, -0.2) is 11.7 Å². The van der Waals surface area contributed by atoms with E-state index in [2.05, 4.69) is 31.2 Å². The number of aliphatic hydroxyl groups excluding tert-OH is 1. The van der Waals surface area contributed by atoms with Crippen molar-refractivity contribution in [1.82, 2.24) is 0 Å². The predicted molar refractivity (Wildman–Crippen MR) is 82.2 cm³/mol. The molecule has 0 aromatic carbocycles. The predicted octanol–water partition coefficient (Wildman–Crippen LogP) is 4.33. The van der Waals surface area contributed by atoms with E-state index in [4.69, 9.17) is 0 Å². The lowest BCUT2D eigenvalue weighted by molar-refractivity contribution is -0.0798. The molecule has 4 aliphatic carbocycles. The van der Waals surface area contributed by atoms with Crippen molar-refractivity contribution in [3.05, 3.63) is 24.3 Å². The Bertz CT molecular complexity index is 451. The van der Waals surface area contributed by atoms with Crippen molar-refractivity contribution in [2.75, 3.05) is 6.61 Å². The molecule has 20 heavy (non-hydrogen) atoms. The first kappa shape index (κ1) is 13.1. The molecule has 0 saturated heterocycles. The molecule has 2 saturated carbocycles. The summed E-state index contributed by atoms with van der Waals surface area (Å²) in [6.07, 6.45) is 19.0. The maximum atomic E-state index is 9.98. The van der Waals surface area contributed by atoms with Gasteiger partial charge in [0.15, 0.2) is 0 Å². The van der Waals surface area contributed by atoms with Gasteiger partial charge in [-0.3, -0.25) is 0 Å². The summed E-state index contributed by atoms with van der Waals surface area (Å²) in [6.45, 7) is 2.93. The summed E-state index contributed by atoms with van der Waals surface area (Å²) >= 11 is 0. The first-order valence-electron chi connectivity index (χ1n) is 8.65. The van der Waals surface area contributed by atoms with E-state index in [0.29, 0.717) is 17.9 Å². The highest BCUT2D eigenvalue weighted by atomic mass is 16.3. The van der Waals surface area contributed by atoms with Crippen molar-refractivity contribution in [1.29, 1.82) is 0 Å². The Labute approximate surface area is 123 Å². The molecule has 6 atom stereocenters. The van der Waals surface area contributed by atoms with Gasteiger partial charge in [0, 0.05) is 12.0 Å². The topological polar surface area (TPSA) is 20.2 Å². The minimum atomic E-state index is 0.211. The summed E-state index contributed by atoms with van der Waals surface area (Å²) in [6, 6.07) is 0. The fraction of sp³-hybridized carbons (Fsp3) is 0.789. The standard InChI is InChI=1S/C19H28O/c1-18-10-3-2-5-14(18)7-8-15-16(18)9-12-19(13-20)11-4-6-17(15)19/h3-4,6,10,14-17,20H,2,5,7-9,11-13H2,1H3/t14?,15-,16+,17+,18+,19+/m1/s1. The van der Waals surface area contributed by atoms with E-state index < -0.39 is 0 Å². The highest BCUT2D eigenvalue weighted by Crippen LogP contribution is 2.63. The number of aliphatic hydroxyl groups is 1. The third-order valence-electron chi connectivity index (χ3n) is 7.51. The van der Waals surface area contributed by atoms with E-state index in [1.54, 1.807) is 0 Å². The molecule has 2 fully saturated rings. The van der Waals surface area contributed by atoms with Crippen molar-refractivity contribution < 1.29 is 5.11 Å². The van der Waals surface area contributed by atoms with Gasteiger partial charge in [-0.2, -0.15) is 0 Å². The average Bonchev–Trinajstić information content (AvgIpc) is 2.91. The highest BCUT2D eigenvalue weighted by Gasteiger charge is 2.56. The van der Waals surface area contributed by atoms with E-state index in [1.165, 1.54) is 38.5 Å². The van der Waals surface area contributed by atoms with Gasteiger partial charge in [0.25, 0.3) is 0 Å². The zero-order valence-electron chi connectivity index (χ0n) is 12.7. The molecule has 0 spiro atoms. The third-order valence-corrected chi connectivity index (χ3v) is 7.51. The maximum Gasteiger partial charge on any atom is 0.0496 e. The fourth-order valence-electron chi connectivity index (χ4n) is 6.32. The molecule has 4 aliphatic rings. The van der Waals surface area contributed by atoms with Gasteiger partial charge in [0.2, 0.25) is 0 Å². The minimum absolute atomic E-state index is 0.211. The molecule has 0 aromatic heterocycles. The van der Waals surface area contributed by atoms with E-state index in [9.17, 15) is 5.11 Å². The smallest absolute Gasteiger partial charge is 0.0496 e. The quantitative estimate of drug-likeness (QED) is 0.704. The van der Waals surface area contributed by atoms with Crippen LogP contribution in [0.5, 0.6) is 0 Å². The Balaban J connectivity index is 1.69. The number of allylic oxidation sites excluding steroid dienone is 4. The summed E-state index contributed by atoms with van der Waals surface area (Å²) in [7, 11) is 0.